The summed E-state index contributed by atoms with van der Waals surface area (Å²) in [5.41, 5.74) is 5.55. The van der Waals surface area contributed by atoms with Crippen LogP contribution in [0.25, 0.3) is 0 Å². The number of nitrogens with one attached hydrogen (secondary N) is 1. The summed E-state index contributed by atoms with van der Waals surface area (Å²) in [7, 11) is 0. The quantitative estimate of drug-likeness (QED) is 0.872. The molecule has 0 radical (unpaired) electrons. The average Bonchev–Trinajstić information content (AvgIpc) is 2.38. The van der Waals surface area contributed by atoms with Crippen LogP contribution in [0.4, 0.5) is 0 Å². The van der Waals surface area contributed by atoms with E-state index in [1.807, 2.05) is 0 Å². The minimum atomic E-state index is -0.0433. The predicted molar refractivity (Wildman–Crippen MR) is 80.3 cm³/mol. The molecule has 0 amide bonds. The minimum Gasteiger partial charge on any atom is -0.393 e. The molecule has 0 spiro atoms. The van der Waals surface area contributed by atoms with Crippen molar-refractivity contribution >= 4 is 0 Å². The second kappa shape index (κ2) is 6.53. The normalized spacial score (nSPS) is 23.6. The molecule has 0 saturated heterocycles. The van der Waals surface area contributed by atoms with Gasteiger partial charge in [0.25, 0.3) is 0 Å². The van der Waals surface area contributed by atoms with Gasteiger partial charge in [0.2, 0.25) is 0 Å². The second-order valence-corrected chi connectivity index (χ2v) is 6.17. The Balaban J connectivity index is 1.81. The van der Waals surface area contributed by atoms with Crippen LogP contribution in [0, 0.1) is 26.7 Å². The van der Waals surface area contributed by atoms with E-state index < -0.39 is 0 Å². The van der Waals surface area contributed by atoms with E-state index in [2.05, 4.69) is 38.2 Å². The van der Waals surface area contributed by atoms with Crippen molar-refractivity contribution in [3.05, 3.63) is 34.4 Å². The van der Waals surface area contributed by atoms with Gasteiger partial charge in [-0.2, -0.15) is 0 Å². The van der Waals surface area contributed by atoms with Crippen LogP contribution in [0.15, 0.2) is 12.1 Å². The first-order chi connectivity index (χ1) is 9.06. The summed E-state index contributed by atoms with van der Waals surface area (Å²) < 4.78 is 0. The molecule has 1 aromatic carbocycles. The molecule has 1 fully saturated rings. The molecule has 0 atom stereocenters. The van der Waals surface area contributed by atoms with Crippen molar-refractivity contribution in [1.82, 2.24) is 5.32 Å². The van der Waals surface area contributed by atoms with Gasteiger partial charge in [-0.3, -0.25) is 0 Å². The Bertz CT molecular complexity index is 420. The van der Waals surface area contributed by atoms with E-state index in [4.69, 9.17) is 0 Å². The first-order valence-electron chi connectivity index (χ1n) is 7.51. The molecule has 2 heteroatoms. The summed E-state index contributed by atoms with van der Waals surface area (Å²) in [5, 5.41) is 13.1. The van der Waals surface area contributed by atoms with E-state index in [-0.39, 0.29) is 6.10 Å². The SMILES string of the molecule is Cc1cc(C)c(CNCC2CCC(O)CC2)cc1C. The van der Waals surface area contributed by atoms with Crippen LogP contribution in [0.1, 0.15) is 47.9 Å². The third-order valence-electron chi connectivity index (χ3n) is 4.52. The molecule has 106 valence electrons. The van der Waals surface area contributed by atoms with Crippen molar-refractivity contribution < 1.29 is 5.11 Å². The Morgan fingerprint density at radius 1 is 1.00 bits per heavy atom. The molecule has 2 rings (SSSR count). The van der Waals surface area contributed by atoms with E-state index in [0.717, 1.165) is 31.8 Å². The molecular weight excluding hydrogens is 234 g/mol. The molecule has 1 aliphatic carbocycles. The lowest BCUT2D eigenvalue weighted by molar-refractivity contribution is 0.108. The standard InChI is InChI=1S/C17H27NO/c1-12-8-14(3)16(9-13(12)2)11-18-10-15-4-6-17(19)7-5-15/h8-9,15,17-19H,4-7,10-11H2,1-3H3. The second-order valence-electron chi connectivity index (χ2n) is 6.17. The van der Waals surface area contributed by atoms with Crippen molar-refractivity contribution in [2.24, 2.45) is 5.92 Å². The molecule has 2 nitrogen and oxygen atoms in total. The van der Waals surface area contributed by atoms with Crippen molar-refractivity contribution in [2.75, 3.05) is 6.54 Å². The molecule has 0 heterocycles. The number of aryl methyl sites for hydroxylation is 3. The maximum absolute atomic E-state index is 9.50. The lowest BCUT2D eigenvalue weighted by Crippen LogP contribution is -2.27. The molecule has 0 bridgehead atoms. The zero-order chi connectivity index (χ0) is 13.8. The summed E-state index contributed by atoms with van der Waals surface area (Å²) in [4.78, 5) is 0. The molecule has 0 unspecified atom stereocenters. The van der Waals surface area contributed by atoms with E-state index in [0.29, 0.717) is 0 Å². The monoisotopic (exact) mass is 261 g/mol. The Labute approximate surface area is 117 Å². The highest BCUT2D eigenvalue weighted by molar-refractivity contribution is 5.36. The smallest absolute Gasteiger partial charge is 0.0540 e. The van der Waals surface area contributed by atoms with Gasteiger partial charge in [0, 0.05) is 6.54 Å². The van der Waals surface area contributed by atoms with Crippen LogP contribution in [0.5, 0.6) is 0 Å². The molecule has 19 heavy (non-hydrogen) atoms. The van der Waals surface area contributed by atoms with Crippen LogP contribution in [0.3, 0.4) is 0 Å². The fourth-order valence-corrected chi connectivity index (χ4v) is 2.97. The highest BCUT2D eigenvalue weighted by atomic mass is 16.3. The minimum absolute atomic E-state index is 0.0433. The van der Waals surface area contributed by atoms with Crippen LogP contribution >= 0.6 is 0 Å². The third kappa shape index (κ3) is 4.05. The number of aliphatic hydroxyl groups is 1. The first-order valence-corrected chi connectivity index (χ1v) is 7.51. The molecular formula is C17H27NO. The van der Waals surface area contributed by atoms with Crippen molar-refractivity contribution in [1.29, 1.82) is 0 Å². The fourth-order valence-electron chi connectivity index (χ4n) is 2.97. The van der Waals surface area contributed by atoms with Gasteiger partial charge >= 0.3 is 0 Å². The molecule has 1 aliphatic rings. The summed E-state index contributed by atoms with van der Waals surface area (Å²) in [6, 6.07) is 4.59. The first kappa shape index (κ1) is 14.5. The van der Waals surface area contributed by atoms with E-state index in [1.165, 1.54) is 35.1 Å². The molecule has 1 aromatic rings. The lowest BCUT2D eigenvalue weighted by atomic mass is 9.87. The molecule has 1 saturated carbocycles. The van der Waals surface area contributed by atoms with Gasteiger partial charge in [0.15, 0.2) is 0 Å². The van der Waals surface area contributed by atoms with Gasteiger partial charge in [-0.1, -0.05) is 12.1 Å². The highest BCUT2D eigenvalue weighted by Gasteiger charge is 2.18. The average molecular weight is 261 g/mol. The third-order valence-corrected chi connectivity index (χ3v) is 4.52. The van der Waals surface area contributed by atoms with Crippen LogP contribution in [0.2, 0.25) is 0 Å². The molecule has 2 N–H and O–H groups in total. The van der Waals surface area contributed by atoms with Gasteiger partial charge in [-0.05, 0) is 81.2 Å². The van der Waals surface area contributed by atoms with Gasteiger partial charge < -0.3 is 10.4 Å². The van der Waals surface area contributed by atoms with Crippen LogP contribution in [-0.4, -0.2) is 17.8 Å². The van der Waals surface area contributed by atoms with Gasteiger partial charge in [-0.25, -0.2) is 0 Å². The van der Waals surface area contributed by atoms with Crippen LogP contribution in [-0.2, 0) is 6.54 Å². The largest absolute Gasteiger partial charge is 0.393 e. The Morgan fingerprint density at radius 2 is 1.63 bits per heavy atom. The predicted octanol–water partition coefficient (Wildman–Crippen LogP) is 3.25. The zero-order valence-corrected chi connectivity index (χ0v) is 12.5. The van der Waals surface area contributed by atoms with E-state index in [1.54, 1.807) is 0 Å². The molecule has 0 aromatic heterocycles. The maximum atomic E-state index is 9.50. The Hall–Kier alpha value is -0.860. The molecule has 0 aliphatic heterocycles. The topological polar surface area (TPSA) is 32.3 Å². The summed E-state index contributed by atoms with van der Waals surface area (Å²) in [6.07, 6.45) is 4.25. The summed E-state index contributed by atoms with van der Waals surface area (Å²) in [6.45, 7) is 8.60. The number of hydrogen-bond acceptors (Lipinski definition) is 2. The number of rotatable bonds is 4. The maximum Gasteiger partial charge on any atom is 0.0540 e. The van der Waals surface area contributed by atoms with Gasteiger partial charge in [0.05, 0.1) is 6.10 Å². The fraction of sp³-hybridized carbons (Fsp3) is 0.647. The lowest BCUT2D eigenvalue weighted by Gasteiger charge is -2.25. The summed E-state index contributed by atoms with van der Waals surface area (Å²) in [5.74, 6) is 0.746. The van der Waals surface area contributed by atoms with Crippen LogP contribution < -0.4 is 5.32 Å². The zero-order valence-electron chi connectivity index (χ0n) is 12.5. The van der Waals surface area contributed by atoms with Gasteiger partial charge in [-0.15, -0.1) is 0 Å². The highest BCUT2D eigenvalue weighted by Crippen LogP contribution is 2.23. The summed E-state index contributed by atoms with van der Waals surface area (Å²) >= 11 is 0. The number of hydrogen-bond donors (Lipinski definition) is 2. The Kier molecular flexibility index (Phi) is 5.00. The number of benzene rings is 1. The van der Waals surface area contributed by atoms with Gasteiger partial charge in [0.1, 0.15) is 0 Å². The Morgan fingerprint density at radius 3 is 2.32 bits per heavy atom. The van der Waals surface area contributed by atoms with Crippen molar-refractivity contribution in [2.45, 2.75) is 59.1 Å². The van der Waals surface area contributed by atoms with E-state index >= 15 is 0 Å². The van der Waals surface area contributed by atoms with E-state index in [9.17, 15) is 5.11 Å². The number of aliphatic hydroxyl groups excluding tert-OH is 1. The van der Waals surface area contributed by atoms with Crippen molar-refractivity contribution in [3.63, 3.8) is 0 Å². The van der Waals surface area contributed by atoms with Crippen molar-refractivity contribution in [3.8, 4) is 0 Å².